The van der Waals surface area contributed by atoms with Crippen molar-refractivity contribution in [2.75, 3.05) is 18.5 Å². The molecule has 30 heavy (non-hydrogen) atoms. The average Bonchev–Trinajstić information content (AvgIpc) is 2.65. The van der Waals surface area contributed by atoms with Crippen LogP contribution in [0.1, 0.15) is 62.2 Å². The van der Waals surface area contributed by atoms with E-state index in [0.717, 1.165) is 32.1 Å². The van der Waals surface area contributed by atoms with Crippen LogP contribution in [0.2, 0.25) is 0 Å². The maximum Gasteiger partial charge on any atom is 0.338 e. The Balaban J connectivity index is 1.25. The van der Waals surface area contributed by atoms with E-state index in [9.17, 15) is 19.5 Å². The summed E-state index contributed by atoms with van der Waals surface area (Å²) in [6.07, 6.45) is 5.76. The molecule has 2 unspecified atom stereocenters. The quantitative estimate of drug-likeness (QED) is 0.664. The number of hydrogen-bond acceptors (Lipinski definition) is 6. The summed E-state index contributed by atoms with van der Waals surface area (Å²) in [7, 11) is 0. The maximum absolute atomic E-state index is 12.4. The molecule has 0 aromatic heterocycles. The first kappa shape index (κ1) is 20.8. The van der Waals surface area contributed by atoms with Crippen LogP contribution >= 0.6 is 0 Å². The van der Waals surface area contributed by atoms with E-state index in [2.05, 4.69) is 5.32 Å². The van der Waals surface area contributed by atoms with Crippen LogP contribution in [0.3, 0.4) is 0 Å². The fraction of sp³-hybridized carbons (Fsp3) is 0.609. The molecule has 1 amide bonds. The number of esters is 2. The third-order valence-corrected chi connectivity index (χ3v) is 6.71. The maximum atomic E-state index is 12.4. The number of amides is 1. The zero-order chi connectivity index (χ0) is 21.4. The van der Waals surface area contributed by atoms with Crippen molar-refractivity contribution in [1.29, 1.82) is 0 Å². The minimum absolute atomic E-state index is 0.171. The van der Waals surface area contributed by atoms with Gasteiger partial charge < -0.3 is 19.9 Å². The average molecular weight is 415 g/mol. The number of anilines is 1. The predicted octanol–water partition coefficient (Wildman–Crippen LogP) is 3.07. The molecule has 7 nitrogen and oxygen atoms in total. The summed E-state index contributed by atoms with van der Waals surface area (Å²) in [6.45, 7) is 1.68. The number of carbonyl (C=O) groups excluding carboxylic acids is 3. The van der Waals surface area contributed by atoms with Crippen molar-refractivity contribution in [2.45, 2.75) is 57.5 Å². The van der Waals surface area contributed by atoms with Gasteiger partial charge in [-0.3, -0.25) is 9.59 Å². The molecular weight excluding hydrogens is 386 g/mol. The zero-order valence-electron chi connectivity index (χ0n) is 17.3. The summed E-state index contributed by atoms with van der Waals surface area (Å²) in [4.78, 5) is 36.2. The lowest BCUT2D eigenvalue weighted by molar-refractivity contribution is -0.177. The fourth-order valence-electron chi connectivity index (χ4n) is 6.21. The molecule has 7 heteroatoms. The van der Waals surface area contributed by atoms with Gasteiger partial charge in [-0.1, -0.05) is 0 Å². The van der Waals surface area contributed by atoms with Crippen molar-refractivity contribution in [1.82, 2.24) is 0 Å². The number of nitrogens with one attached hydrogen (secondary N) is 1. The molecule has 0 saturated heterocycles. The van der Waals surface area contributed by atoms with E-state index < -0.39 is 17.5 Å². The normalized spacial score (nSPS) is 31.3. The van der Waals surface area contributed by atoms with Crippen molar-refractivity contribution in [3.8, 4) is 0 Å². The van der Waals surface area contributed by atoms with E-state index in [1.54, 1.807) is 31.2 Å². The van der Waals surface area contributed by atoms with Crippen molar-refractivity contribution in [2.24, 2.45) is 17.3 Å². The Morgan fingerprint density at radius 2 is 1.73 bits per heavy atom. The standard InChI is InChI=1S/C23H29NO6/c1-2-29-21(27)17-3-5-18(6-4-17)24-19(25)13-30-20(26)12-22-8-15-7-16(9-22)11-23(28,10-15)14-22/h3-6,15-16,28H,2,7-14H2,1H3,(H,24,25)/t15-,16+,22?,23?. The summed E-state index contributed by atoms with van der Waals surface area (Å²) in [5, 5.41) is 13.5. The molecule has 2 N–H and O–H groups in total. The molecule has 0 radical (unpaired) electrons. The lowest BCUT2D eigenvalue weighted by Gasteiger charge is -2.60. The van der Waals surface area contributed by atoms with Crippen LogP contribution in [0.5, 0.6) is 0 Å². The van der Waals surface area contributed by atoms with Crippen LogP contribution in [0.25, 0.3) is 0 Å². The molecule has 4 aliphatic rings. The molecule has 162 valence electrons. The van der Waals surface area contributed by atoms with Gasteiger partial charge >= 0.3 is 11.9 Å². The first-order valence-corrected chi connectivity index (χ1v) is 10.7. The second-order valence-electron chi connectivity index (χ2n) is 9.37. The van der Waals surface area contributed by atoms with Gasteiger partial charge in [0.05, 0.1) is 24.2 Å². The Labute approximate surface area is 176 Å². The first-order chi connectivity index (χ1) is 14.3. The molecule has 0 spiro atoms. The number of hydrogen-bond donors (Lipinski definition) is 2. The number of aliphatic hydroxyl groups is 1. The van der Waals surface area contributed by atoms with Gasteiger partial charge in [-0.05, 0) is 87.0 Å². The van der Waals surface area contributed by atoms with Gasteiger partial charge in [0.1, 0.15) is 0 Å². The minimum atomic E-state index is -0.614. The van der Waals surface area contributed by atoms with Gasteiger partial charge in [0.15, 0.2) is 6.61 Å². The second-order valence-corrected chi connectivity index (χ2v) is 9.37. The Morgan fingerprint density at radius 3 is 2.33 bits per heavy atom. The largest absolute Gasteiger partial charge is 0.462 e. The van der Waals surface area contributed by atoms with Crippen molar-refractivity contribution >= 4 is 23.5 Å². The Hall–Kier alpha value is -2.41. The highest BCUT2D eigenvalue weighted by molar-refractivity contribution is 5.94. The molecule has 0 aliphatic heterocycles. The SMILES string of the molecule is CCOC(=O)c1ccc(NC(=O)COC(=O)CC23C[C@@H]4C[C@@H](CC(O)(C4)C2)C3)cc1. The number of benzene rings is 1. The zero-order valence-corrected chi connectivity index (χ0v) is 17.3. The highest BCUT2D eigenvalue weighted by atomic mass is 16.5. The van der Waals surface area contributed by atoms with Gasteiger partial charge in [0.25, 0.3) is 5.91 Å². The van der Waals surface area contributed by atoms with Gasteiger partial charge in [0.2, 0.25) is 0 Å². The summed E-state index contributed by atoms with van der Waals surface area (Å²) in [5.41, 5.74) is 0.123. The third-order valence-electron chi connectivity index (χ3n) is 6.71. The monoisotopic (exact) mass is 415 g/mol. The number of ether oxygens (including phenoxy) is 2. The number of rotatable bonds is 7. The van der Waals surface area contributed by atoms with Gasteiger partial charge in [-0.2, -0.15) is 0 Å². The highest BCUT2D eigenvalue weighted by Gasteiger charge is 2.57. The van der Waals surface area contributed by atoms with E-state index in [1.165, 1.54) is 0 Å². The number of carbonyl (C=O) groups is 3. The molecule has 4 aliphatic carbocycles. The van der Waals surface area contributed by atoms with Crippen molar-refractivity contribution < 1.29 is 29.0 Å². The summed E-state index contributed by atoms with van der Waals surface area (Å²) >= 11 is 0. The molecule has 5 rings (SSSR count). The molecular formula is C23H29NO6. The van der Waals surface area contributed by atoms with Crippen LogP contribution in [0.4, 0.5) is 5.69 Å². The third kappa shape index (κ3) is 4.51. The topological polar surface area (TPSA) is 102 Å². The summed E-state index contributed by atoms with van der Waals surface area (Å²) < 4.78 is 10.2. The molecule has 4 fully saturated rings. The smallest absolute Gasteiger partial charge is 0.338 e. The van der Waals surface area contributed by atoms with Crippen molar-refractivity contribution in [3.63, 3.8) is 0 Å². The predicted molar refractivity (Wildman–Crippen MR) is 109 cm³/mol. The summed E-state index contributed by atoms with van der Waals surface area (Å²) in [6, 6.07) is 6.33. The molecule has 0 heterocycles. The van der Waals surface area contributed by atoms with Crippen LogP contribution < -0.4 is 5.32 Å². The Bertz CT molecular complexity index is 819. The molecule has 4 saturated carbocycles. The van der Waals surface area contributed by atoms with Crippen molar-refractivity contribution in [3.05, 3.63) is 29.8 Å². The van der Waals surface area contributed by atoms with E-state index in [4.69, 9.17) is 9.47 Å². The van der Waals surface area contributed by atoms with E-state index in [-0.39, 0.29) is 24.4 Å². The van der Waals surface area contributed by atoms with Crippen LogP contribution in [-0.4, -0.2) is 41.8 Å². The second kappa shape index (κ2) is 8.02. The van der Waals surface area contributed by atoms with Crippen LogP contribution in [-0.2, 0) is 19.1 Å². The molecule has 1 aromatic rings. The van der Waals surface area contributed by atoms with E-state index in [0.29, 0.717) is 36.1 Å². The Kier molecular flexibility index (Phi) is 5.57. The fourth-order valence-corrected chi connectivity index (χ4v) is 6.21. The summed E-state index contributed by atoms with van der Waals surface area (Å²) in [5.74, 6) is -0.224. The molecule has 4 bridgehead atoms. The van der Waals surface area contributed by atoms with Gasteiger partial charge in [0, 0.05) is 5.69 Å². The minimum Gasteiger partial charge on any atom is -0.462 e. The van der Waals surface area contributed by atoms with Crippen LogP contribution in [0.15, 0.2) is 24.3 Å². The Morgan fingerprint density at radius 1 is 1.07 bits per heavy atom. The van der Waals surface area contributed by atoms with Gasteiger partial charge in [-0.25, -0.2) is 4.79 Å². The van der Waals surface area contributed by atoms with Crippen LogP contribution in [0, 0.1) is 17.3 Å². The molecule has 4 atom stereocenters. The van der Waals surface area contributed by atoms with Gasteiger partial charge in [-0.15, -0.1) is 0 Å². The lowest BCUT2D eigenvalue weighted by atomic mass is 9.47. The molecule has 1 aromatic carbocycles. The lowest BCUT2D eigenvalue weighted by Crippen LogP contribution is -2.56. The van der Waals surface area contributed by atoms with E-state index >= 15 is 0 Å². The highest BCUT2D eigenvalue weighted by Crippen LogP contribution is 2.62. The first-order valence-electron chi connectivity index (χ1n) is 10.7. The van der Waals surface area contributed by atoms with E-state index in [1.807, 2.05) is 0 Å².